The summed E-state index contributed by atoms with van der Waals surface area (Å²) in [6, 6.07) is 6.69. The lowest BCUT2D eigenvalue weighted by Crippen LogP contribution is -2.44. The molecule has 9 heteroatoms. The zero-order valence-electron chi connectivity index (χ0n) is 17.1. The first-order valence-electron chi connectivity index (χ1n) is 9.40. The van der Waals surface area contributed by atoms with E-state index in [9.17, 15) is 14.4 Å². The van der Waals surface area contributed by atoms with E-state index in [2.05, 4.69) is 5.32 Å². The van der Waals surface area contributed by atoms with Crippen molar-refractivity contribution in [2.24, 2.45) is 20.0 Å². The van der Waals surface area contributed by atoms with Gasteiger partial charge in [0.1, 0.15) is 17.3 Å². The van der Waals surface area contributed by atoms with Gasteiger partial charge in [-0.15, -0.1) is 0 Å². The first-order chi connectivity index (χ1) is 13.8. The van der Waals surface area contributed by atoms with E-state index in [4.69, 9.17) is 9.47 Å². The lowest BCUT2D eigenvalue weighted by Gasteiger charge is -2.33. The van der Waals surface area contributed by atoms with Gasteiger partial charge in [0.2, 0.25) is 5.91 Å². The van der Waals surface area contributed by atoms with Crippen LogP contribution in [0.1, 0.15) is 12.8 Å². The van der Waals surface area contributed by atoms with Crippen LogP contribution < -0.4 is 30.9 Å². The number of anilines is 2. The van der Waals surface area contributed by atoms with Crippen LogP contribution in [0.3, 0.4) is 0 Å². The number of benzene rings is 1. The molecule has 1 amide bonds. The lowest BCUT2D eigenvalue weighted by molar-refractivity contribution is -0.120. The van der Waals surface area contributed by atoms with Crippen molar-refractivity contribution in [3.63, 3.8) is 0 Å². The molecular formula is C20H26N4O5. The molecule has 2 heterocycles. The second-order valence-corrected chi connectivity index (χ2v) is 7.06. The molecule has 9 nitrogen and oxygen atoms in total. The molecule has 29 heavy (non-hydrogen) atoms. The van der Waals surface area contributed by atoms with Gasteiger partial charge >= 0.3 is 5.69 Å². The molecule has 156 valence electrons. The van der Waals surface area contributed by atoms with Crippen LogP contribution in [0.4, 0.5) is 11.5 Å². The van der Waals surface area contributed by atoms with Crippen molar-refractivity contribution >= 4 is 17.4 Å². The summed E-state index contributed by atoms with van der Waals surface area (Å²) in [5.74, 6) is 1.51. The number of carbonyl (C=O) groups is 1. The smallest absolute Gasteiger partial charge is 0.332 e. The van der Waals surface area contributed by atoms with E-state index in [1.54, 1.807) is 32.4 Å². The van der Waals surface area contributed by atoms with E-state index in [1.165, 1.54) is 24.8 Å². The lowest BCUT2D eigenvalue weighted by atomic mass is 9.95. The molecule has 0 atom stereocenters. The molecular weight excluding hydrogens is 376 g/mol. The fourth-order valence-electron chi connectivity index (χ4n) is 3.53. The van der Waals surface area contributed by atoms with Crippen molar-refractivity contribution in [1.82, 2.24) is 9.13 Å². The van der Waals surface area contributed by atoms with E-state index >= 15 is 0 Å². The van der Waals surface area contributed by atoms with Crippen LogP contribution in [0.5, 0.6) is 11.5 Å². The van der Waals surface area contributed by atoms with Gasteiger partial charge in [0, 0.05) is 45.2 Å². The largest absolute Gasteiger partial charge is 0.497 e. The minimum atomic E-state index is -0.362. The third kappa shape index (κ3) is 4.13. The van der Waals surface area contributed by atoms with E-state index in [0.717, 1.165) is 4.57 Å². The molecule has 0 saturated carbocycles. The quantitative estimate of drug-likeness (QED) is 0.800. The summed E-state index contributed by atoms with van der Waals surface area (Å²) >= 11 is 0. The summed E-state index contributed by atoms with van der Waals surface area (Å²) in [5.41, 5.74) is -0.108. The van der Waals surface area contributed by atoms with Crippen molar-refractivity contribution in [3.05, 3.63) is 45.1 Å². The van der Waals surface area contributed by atoms with Crippen molar-refractivity contribution in [1.29, 1.82) is 0 Å². The van der Waals surface area contributed by atoms with Gasteiger partial charge in [0.05, 0.1) is 19.9 Å². The van der Waals surface area contributed by atoms with Gasteiger partial charge in [0.15, 0.2) is 0 Å². The number of aromatic nitrogens is 2. The number of piperidine rings is 1. The molecule has 0 spiro atoms. The topological polar surface area (TPSA) is 94.8 Å². The molecule has 1 saturated heterocycles. The molecule has 0 aliphatic carbocycles. The van der Waals surface area contributed by atoms with Gasteiger partial charge in [-0.1, -0.05) is 0 Å². The maximum atomic E-state index is 12.7. The van der Waals surface area contributed by atoms with Crippen LogP contribution in [-0.2, 0) is 18.9 Å². The zero-order chi connectivity index (χ0) is 21.1. The van der Waals surface area contributed by atoms with Gasteiger partial charge < -0.3 is 19.7 Å². The number of methoxy groups -OCH3 is 2. The number of nitrogens with one attached hydrogen (secondary N) is 1. The third-order valence-corrected chi connectivity index (χ3v) is 5.36. The average Bonchev–Trinajstić information content (AvgIpc) is 2.75. The molecule has 1 aromatic carbocycles. The monoisotopic (exact) mass is 402 g/mol. The Balaban J connectivity index is 1.68. The number of rotatable bonds is 5. The van der Waals surface area contributed by atoms with Crippen LogP contribution in [0, 0.1) is 5.92 Å². The summed E-state index contributed by atoms with van der Waals surface area (Å²) in [6.07, 6.45) is 1.24. The van der Waals surface area contributed by atoms with Crippen LogP contribution in [0.15, 0.2) is 33.9 Å². The zero-order valence-corrected chi connectivity index (χ0v) is 17.1. The van der Waals surface area contributed by atoms with Crippen LogP contribution >= 0.6 is 0 Å². The normalized spacial score (nSPS) is 14.6. The van der Waals surface area contributed by atoms with Crippen molar-refractivity contribution in [2.75, 3.05) is 37.5 Å². The molecule has 1 aromatic heterocycles. The molecule has 1 aliphatic heterocycles. The Hall–Kier alpha value is -3.23. The van der Waals surface area contributed by atoms with Crippen LogP contribution in [0.2, 0.25) is 0 Å². The van der Waals surface area contributed by atoms with Gasteiger partial charge in [-0.25, -0.2) is 4.79 Å². The first-order valence-corrected chi connectivity index (χ1v) is 9.40. The van der Waals surface area contributed by atoms with Crippen molar-refractivity contribution < 1.29 is 14.3 Å². The fourth-order valence-corrected chi connectivity index (χ4v) is 3.53. The Morgan fingerprint density at radius 1 is 1.03 bits per heavy atom. The summed E-state index contributed by atoms with van der Waals surface area (Å²) in [6.45, 7) is 1.16. The maximum absolute atomic E-state index is 12.7. The van der Waals surface area contributed by atoms with Crippen molar-refractivity contribution in [3.8, 4) is 11.5 Å². The number of amides is 1. The fraction of sp³-hybridized carbons (Fsp3) is 0.450. The van der Waals surface area contributed by atoms with Gasteiger partial charge in [-0.3, -0.25) is 18.7 Å². The van der Waals surface area contributed by atoms with Crippen LogP contribution in [-0.4, -0.2) is 42.4 Å². The molecule has 1 N–H and O–H groups in total. The first kappa shape index (κ1) is 20.5. The average molecular weight is 402 g/mol. The number of nitrogens with zero attached hydrogens (tertiary/aromatic N) is 3. The highest BCUT2D eigenvalue weighted by molar-refractivity contribution is 5.94. The second-order valence-electron chi connectivity index (χ2n) is 7.06. The maximum Gasteiger partial charge on any atom is 0.332 e. The Morgan fingerprint density at radius 3 is 2.34 bits per heavy atom. The Morgan fingerprint density at radius 2 is 1.72 bits per heavy atom. The molecule has 0 bridgehead atoms. The Bertz CT molecular complexity index is 1020. The molecule has 0 radical (unpaired) electrons. The predicted molar refractivity (Wildman–Crippen MR) is 110 cm³/mol. The van der Waals surface area contributed by atoms with Gasteiger partial charge in [-0.2, -0.15) is 0 Å². The summed E-state index contributed by atoms with van der Waals surface area (Å²) < 4.78 is 13.0. The van der Waals surface area contributed by atoms with Crippen molar-refractivity contribution in [2.45, 2.75) is 12.8 Å². The van der Waals surface area contributed by atoms with E-state index in [-0.39, 0.29) is 23.1 Å². The summed E-state index contributed by atoms with van der Waals surface area (Å²) in [5, 5.41) is 2.93. The molecule has 1 fully saturated rings. The van der Waals surface area contributed by atoms with Gasteiger partial charge in [-0.05, 0) is 25.0 Å². The van der Waals surface area contributed by atoms with Crippen LogP contribution in [0.25, 0.3) is 0 Å². The Kier molecular flexibility index (Phi) is 5.95. The minimum Gasteiger partial charge on any atom is -0.497 e. The highest BCUT2D eigenvalue weighted by Gasteiger charge is 2.27. The number of carbonyl (C=O) groups excluding carboxylic acids is 1. The highest BCUT2D eigenvalue weighted by atomic mass is 16.5. The second kappa shape index (κ2) is 8.42. The number of ether oxygens (including phenoxy) is 2. The van der Waals surface area contributed by atoms with Gasteiger partial charge in [0.25, 0.3) is 5.56 Å². The van der Waals surface area contributed by atoms with E-state index in [0.29, 0.717) is 48.9 Å². The molecule has 1 aliphatic rings. The third-order valence-electron chi connectivity index (χ3n) is 5.36. The van der Waals surface area contributed by atoms with E-state index in [1.807, 2.05) is 4.90 Å². The minimum absolute atomic E-state index is 0.0778. The summed E-state index contributed by atoms with van der Waals surface area (Å²) in [7, 11) is 6.21. The number of hydrogen-bond acceptors (Lipinski definition) is 6. The predicted octanol–water partition coefficient (Wildman–Crippen LogP) is 0.956. The standard InChI is InChI=1S/C20H26N4O5/c1-22-17(12-18(25)23(2)20(22)27)24-9-7-13(8-10-24)19(26)21-15-6-5-14(28-3)11-16(15)29-4/h5-6,11-13H,7-10H2,1-4H3,(H,21,26). The Labute approximate surface area is 168 Å². The molecule has 3 rings (SSSR count). The highest BCUT2D eigenvalue weighted by Crippen LogP contribution is 2.30. The molecule has 2 aromatic rings. The number of hydrogen-bond donors (Lipinski definition) is 1. The molecule has 0 unspecified atom stereocenters. The SMILES string of the molecule is COc1ccc(NC(=O)C2CCN(c3cc(=O)n(C)c(=O)n3C)CC2)c(OC)c1. The summed E-state index contributed by atoms with van der Waals surface area (Å²) in [4.78, 5) is 38.8. The van der Waals surface area contributed by atoms with E-state index < -0.39 is 0 Å².